The van der Waals surface area contributed by atoms with Crippen LogP contribution in [0.15, 0.2) is 48.8 Å². The zero-order valence-corrected chi connectivity index (χ0v) is 14.9. The number of para-hydroxylation sites is 1. The summed E-state index contributed by atoms with van der Waals surface area (Å²) in [6, 6.07) is 12.4. The standard InChI is InChI=1S/C20H25N3O2/c1-16-13-18-5-3-4-6-19(18)23(16)20(24)15-22(11-12-25-2)14-17-7-9-21-10-8-17/h3-10,16H,11-15H2,1-2H3. The predicted molar refractivity (Wildman–Crippen MR) is 98.5 cm³/mol. The largest absolute Gasteiger partial charge is 0.383 e. The fourth-order valence-corrected chi connectivity index (χ4v) is 3.39. The highest BCUT2D eigenvalue weighted by molar-refractivity contribution is 5.97. The fourth-order valence-electron chi connectivity index (χ4n) is 3.39. The van der Waals surface area contributed by atoms with E-state index in [0.717, 1.165) is 17.7 Å². The lowest BCUT2D eigenvalue weighted by Crippen LogP contribution is -2.43. The highest BCUT2D eigenvalue weighted by Gasteiger charge is 2.31. The van der Waals surface area contributed by atoms with Gasteiger partial charge in [-0.15, -0.1) is 0 Å². The second-order valence-corrected chi connectivity index (χ2v) is 6.50. The van der Waals surface area contributed by atoms with Gasteiger partial charge in [0.25, 0.3) is 0 Å². The van der Waals surface area contributed by atoms with Crippen LogP contribution >= 0.6 is 0 Å². The Hall–Kier alpha value is -2.24. The average molecular weight is 339 g/mol. The molecular weight excluding hydrogens is 314 g/mol. The van der Waals surface area contributed by atoms with Crippen LogP contribution in [-0.4, -0.2) is 48.6 Å². The maximum atomic E-state index is 13.0. The molecule has 3 rings (SSSR count). The molecule has 1 atom stereocenters. The van der Waals surface area contributed by atoms with Crippen molar-refractivity contribution >= 4 is 11.6 Å². The van der Waals surface area contributed by atoms with Gasteiger partial charge in [-0.1, -0.05) is 18.2 Å². The number of fused-ring (bicyclic) bond motifs is 1. The zero-order valence-electron chi connectivity index (χ0n) is 14.9. The van der Waals surface area contributed by atoms with E-state index in [4.69, 9.17) is 4.74 Å². The molecule has 0 radical (unpaired) electrons. The first kappa shape index (κ1) is 17.6. The number of pyridine rings is 1. The van der Waals surface area contributed by atoms with Crippen molar-refractivity contribution in [1.29, 1.82) is 0 Å². The van der Waals surface area contributed by atoms with Gasteiger partial charge in [-0.3, -0.25) is 14.7 Å². The summed E-state index contributed by atoms with van der Waals surface area (Å²) in [6.45, 7) is 4.52. The summed E-state index contributed by atoms with van der Waals surface area (Å²) >= 11 is 0. The lowest BCUT2D eigenvalue weighted by molar-refractivity contribution is -0.120. The van der Waals surface area contributed by atoms with E-state index in [9.17, 15) is 4.79 Å². The summed E-state index contributed by atoms with van der Waals surface area (Å²) in [5.41, 5.74) is 3.45. The molecule has 0 aliphatic carbocycles. The second-order valence-electron chi connectivity index (χ2n) is 6.50. The maximum Gasteiger partial charge on any atom is 0.241 e. The number of carbonyl (C=O) groups excluding carboxylic acids is 1. The van der Waals surface area contributed by atoms with Crippen LogP contribution in [0.3, 0.4) is 0 Å². The molecule has 2 aromatic rings. The third-order valence-electron chi connectivity index (χ3n) is 4.60. The molecule has 1 aromatic heterocycles. The summed E-state index contributed by atoms with van der Waals surface area (Å²) in [5.74, 6) is 0.141. The molecule has 1 unspecified atom stereocenters. The SMILES string of the molecule is COCCN(CC(=O)N1c2ccccc2CC1C)Cc1ccncc1. The first-order valence-electron chi connectivity index (χ1n) is 8.69. The molecule has 0 bridgehead atoms. The minimum atomic E-state index is 0.141. The second kappa shape index (κ2) is 8.23. The van der Waals surface area contributed by atoms with Crippen LogP contribution in [-0.2, 0) is 22.5 Å². The molecule has 1 amide bonds. The summed E-state index contributed by atoms with van der Waals surface area (Å²) in [5, 5.41) is 0. The van der Waals surface area contributed by atoms with E-state index in [2.05, 4.69) is 22.9 Å². The molecule has 1 aliphatic heterocycles. The van der Waals surface area contributed by atoms with Gasteiger partial charge in [0.2, 0.25) is 5.91 Å². The molecule has 1 aromatic carbocycles. The van der Waals surface area contributed by atoms with Crippen LogP contribution in [0.2, 0.25) is 0 Å². The highest BCUT2D eigenvalue weighted by atomic mass is 16.5. The zero-order chi connectivity index (χ0) is 17.6. The Morgan fingerprint density at radius 1 is 1.28 bits per heavy atom. The van der Waals surface area contributed by atoms with Gasteiger partial charge < -0.3 is 9.64 Å². The fraction of sp³-hybridized carbons (Fsp3) is 0.400. The number of hydrogen-bond acceptors (Lipinski definition) is 4. The van der Waals surface area contributed by atoms with E-state index in [-0.39, 0.29) is 11.9 Å². The van der Waals surface area contributed by atoms with Crippen molar-refractivity contribution in [3.8, 4) is 0 Å². The Labute approximate surface area is 149 Å². The molecule has 2 heterocycles. The van der Waals surface area contributed by atoms with Crippen LogP contribution in [0.5, 0.6) is 0 Å². The van der Waals surface area contributed by atoms with Crippen LogP contribution < -0.4 is 4.90 Å². The molecule has 5 heteroatoms. The quantitative estimate of drug-likeness (QED) is 0.778. The van der Waals surface area contributed by atoms with E-state index in [1.165, 1.54) is 5.56 Å². The van der Waals surface area contributed by atoms with Crippen LogP contribution in [0, 0.1) is 0 Å². The van der Waals surface area contributed by atoms with Gasteiger partial charge in [0, 0.05) is 44.3 Å². The smallest absolute Gasteiger partial charge is 0.241 e. The topological polar surface area (TPSA) is 45.7 Å². The molecule has 5 nitrogen and oxygen atoms in total. The number of amides is 1. The van der Waals surface area contributed by atoms with Gasteiger partial charge >= 0.3 is 0 Å². The van der Waals surface area contributed by atoms with Crippen molar-refractivity contribution in [2.75, 3.05) is 31.7 Å². The van der Waals surface area contributed by atoms with Gasteiger partial charge in [0.05, 0.1) is 13.2 Å². The minimum Gasteiger partial charge on any atom is -0.383 e. The van der Waals surface area contributed by atoms with Gasteiger partial charge in [-0.2, -0.15) is 0 Å². The molecule has 0 saturated heterocycles. The van der Waals surface area contributed by atoms with E-state index < -0.39 is 0 Å². The third-order valence-corrected chi connectivity index (χ3v) is 4.60. The van der Waals surface area contributed by atoms with Crippen molar-refractivity contribution in [2.24, 2.45) is 0 Å². The average Bonchev–Trinajstić information content (AvgIpc) is 2.96. The number of hydrogen-bond donors (Lipinski definition) is 0. The predicted octanol–water partition coefficient (Wildman–Crippen LogP) is 2.51. The summed E-state index contributed by atoms with van der Waals surface area (Å²) in [7, 11) is 1.69. The Morgan fingerprint density at radius 2 is 2.04 bits per heavy atom. The summed E-state index contributed by atoms with van der Waals surface area (Å²) < 4.78 is 5.22. The molecule has 25 heavy (non-hydrogen) atoms. The number of benzene rings is 1. The number of aromatic nitrogens is 1. The minimum absolute atomic E-state index is 0.141. The molecular formula is C20H25N3O2. The number of nitrogens with zero attached hydrogens (tertiary/aromatic N) is 3. The third kappa shape index (κ3) is 4.24. The van der Waals surface area contributed by atoms with Gasteiger partial charge in [0.1, 0.15) is 0 Å². The molecule has 0 fully saturated rings. The Bertz CT molecular complexity index is 705. The molecule has 0 N–H and O–H groups in total. The maximum absolute atomic E-state index is 13.0. The Balaban J connectivity index is 1.71. The monoisotopic (exact) mass is 339 g/mol. The summed E-state index contributed by atoms with van der Waals surface area (Å²) in [6.07, 6.45) is 4.49. The molecule has 0 spiro atoms. The highest BCUT2D eigenvalue weighted by Crippen LogP contribution is 2.31. The van der Waals surface area contributed by atoms with Gasteiger partial charge in [0.15, 0.2) is 0 Å². The van der Waals surface area contributed by atoms with Crippen LogP contribution in [0.4, 0.5) is 5.69 Å². The first-order valence-corrected chi connectivity index (χ1v) is 8.69. The lowest BCUT2D eigenvalue weighted by atomic mass is 10.1. The Morgan fingerprint density at radius 3 is 2.80 bits per heavy atom. The molecule has 1 aliphatic rings. The number of methoxy groups -OCH3 is 1. The number of rotatable bonds is 7. The van der Waals surface area contributed by atoms with Crippen LogP contribution in [0.25, 0.3) is 0 Å². The number of anilines is 1. The van der Waals surface area contributed by atoms with E-state index >= 15 is 0 Å². The van der Waals surface area contributed by atoms with Crippen molar-refractivity contribution in [1.82, 2.24) is 9.88 Å². The van der Waals surface area contributed by atoms with Crippen molar-refractivity contribution in [3.05, 3.63) is 59.9 Å². The lowest BCUT2D eigenvalue weighted by Gasteiger charge is -2.27. The molecule has 0 saturated carbocycles. The first-order chi connectivity index (χ1) is 12.2. The number of ether oxygens (including phenoxy) is 1. The van der Waals surface area contributed by atoms with Crippen molar-refractivity contribution in [2.45, 2.75) is 25.9 Å². The van der Waals surface area contributed by atoms with E-state index in [0.29, 0.717) is 26.2 Å². The van der Waals surface area contributed by atoms with E-state index in [1.54, 1.807) is 19.5 Å². The summed E-state index contributed by atoms with van der Waals surface area (Å²) in [4.78, 5) is 21.1. The Kier molecular flexibility index (Phi) is 5.79. The van der Waals surface area contributed by atoms with Crippen LogP contribution in [0.1, 0.15) is 18.1 Å². The van der Waals surface area contributed by atoms with Gasteiger partial charge in [-0.25, -0.2) is 0 Å². The van der Waals surface area contributed by atoms with Gasteiger partial charge in [-0.05, 0) is 42.7 Å². The molecule has 132 valence electrons. The van der Waals surface area contributed by atoms with Crippen molar-refractivity contribution in [3.63, 3.8) is 0 Å². The van der Waals surface area contributed by atoms with Crippen molar-refractivity contribution < 1.29 is 9.53 Å². The number of carbonyl (C=O) groups is 1. The normalized spacial score (nSPS) is 16.3. The van der Waals surface area contributed by atoms with E-state index in [1.807, 2.05) is 35.2 Å².